The number of nitrogens with two attached hydrogens (primary N) is 2. The Morgan fingerprint density at radius 1 is 1.21 bits per heavy atom. The van der Waals surface area contributed by atoms with E-state index < -0.39 is 0 Å². The molecule has 0 unspecified atom stereocenters. The van der Waals surface area contributed by atoms with Crippen molar-refractivity contribution in [3.63, 3.8) is 0 Å². The van der Waals surface area contributed by atoms with Gasteiger partial charge in [0.25, 0.3) is 0 Å². The SMILES string of the molecule is CCN(c1ccc(N)c(N)c1)C(C)C. The first-order valence-corrected chi connectivity index (χ1v) is 4.98. The van der Waals surface area contributed by atoms with Gasteiger partial charge in [-0.25, -0.2) is 0 Å². The summed E-state index contributed by atoms with van der Waals surface area (Å²) in [6.45, 7) is 7.43. The lowest BCUT2D eigenvalue weighted by Gasteiger charge is -2.27. The molecule has 0 saturated carbocycles. The lowest BCUT2D eigenvalue weighted by atomic mass is 10.2. The minimum atomic E-state index is 0.475. The first-order valence-electron chi connectivity index (χ1n) is 4.98. The van der Waals surface area contributed by atoms with Crippen LogP contribution in [0.3, 0.4) is 0 Å². The second-order valence-electron chi connectivity index (χ2n) is 3.69. The normalized spacial score (nSPS) is 10.6. The Kier molecular flexibility index (Phi) is 3.23. The zero-order valence-electron chi connectivity index (χ0n) is 9.12. The highest BCUT2D eigenvalue weighted by Gasteiger charge is 2.08. The summed E-state index contributed by atoms with van der Waals surface area (Å²) in [7, 11) is 0. The van der Waals surface area contributed by atoms with Gasteiger partial charge in [0.15, 0.2) is 0 Å². The summed E-state index contributed by atoms with van der Waals surface area (Å²) in [6, 6.07) is 6.27. The largest absolute Gasteiger partial charge is 0.397 e. The first kappa shape index (κ1) is 10.7. The molecule has 14 heavy (non-hydrogen) atoms. The quantitative estimate of drug-likeness (QED) is 0.723. The molecule has 0 fully saturated rings. The molecule has 0 atom stereocenters. The zero-order valence-corrected chi connectivity index (χ0v) is 9.12. The third kappa shape index (κ3) is 2.10. The lowest BCUT2D eigenvalue weighted by Crippen LogP contribution is -2.30. The molecule has 0 aliphatic carbocycles. The molecule has 0 aliphatic rings. The van der Waals surface area contributed by atoms with Crippen molar-refractivity contribution in [2.24, 2.45) is 0 Å². The van der Waals surface area contributed by atoms with Crippen molar-refractivity contribution < 1.29 is 0 Å². The standard InChI is InChI=1S/C11H19N3/c1-4-14(8(2)3)9-5-6-10(12)11(13)7-9/h5-8H,4,12-13H2,1-3H3. The Morgan fingerprint density at radius 2 is 1.86 bits per heavy atom. The van der Waals surface area contributed by atoms with E-state index in [1.807, 2.05) is 18.2 Å². The lowest BCUT2D eigenvalue weighted by molar-refractivity contribution is 0.704. The van der Waals surface area contributed by atoms with E-state index >= 15 is 0 Å². The van der Waals surface area contributed by atoms with E-state index in [0.29, 0.717) is 17.4 Å². The van der Waals surface area contributed by atoms with E-state index in [4.69, 9.17) is 11.5 Å². The highest BCUT2D eigenvalue weighted by atomic mass is 15.1. The summed E-state index contributed by atoms with van der Waals surface area (Å²) in [5.41, 5.74) is 13.9. The van der Waals surface area contributed by atoms with Crippen molar-refractivity contribution >= 4 is 17.1 Å². The number of rotatable bonds is 3. The second kappa shape index (κ2) is 4.22. The predicted octanol–water partition coefficient (Wildman–Crippen LogP) is 2.09. The van der Waals surface area contributed by atoms with Crippen LogP contribution in [0.4, 0.5) is 17.1 Å². The van der Waals surface area contributed by atoms with Gasteiger partial charge in [-0.3, -0.25) is 0 Å². The van der Waals surface area contributed by atoms with Gasteiger partial charge in [-0.15, -0.1) is 0 Å². The summed E-state index contributed by atoms with van der Waals surface area (Å²) in [5.74, 6) is 0. The Labute approximate surface area is 85.7 Å². The number of hydrogen-bond acceptors (Lipinski definition) is 3. The molecule has 0 aliphatic heterocycles. The molecule has 0 spiro atoms. The van der Waals surface area contributed by atoms with Crippen LogP contribution in [0, 0.1) is 0 Å². The van der Waals surface area contributed by atoms with Gasteiger partial charge in [-0.2, -0.15) is 0 Å². The summed E-state index contributed by atoms with van der Waals surface area (Å²) < 4.78 is 0. The summed E-state index contributed by atoms with van der Waals surface area (Å²) in [6.07, 6.45) is 0. The Morgan fingerprint density at radius 3 is 2.29 bits per heavy atom. The molecule has 78 valence electrons. The monoisotopic (exact) mass is 193 g/mol. The minimum Gasteiger partial charge on any atom is -0.397 e. The number of nitrogen functional groups attached to an aromatic ring is 2. The average Bonchev–Trinajstić information content (AvgIpc) is 2.11. The first-order chi connectivity index (χ1) is 6.56. The third-order valence-electron chi connectivity index (χ3n) is 2.37. The van der Waals surface area contributed by atoms with E-state index in [1.165, 1.54) is 0 Å². The van der Waals surface area contributed by atoms with Gasteiger partial charge < -0.3 is 16.4 Å². The fourth-order valence-electron chi connectivity index (χ4n) is 1.59. The molecule has 1 aromatic rings. The van der Waals surface area contributed by atoms with Gasteiger partial charge in [0.2, 0.25) is 0 Å². The highest BCUT2D eigenvalue weighted by molar-refractivity contribution is 5.69. The molecule has 0 radical (unpaired) electrons. The predicted molar refractivity (Wildman–Crippen MR) is 63.4 cm³/mol. The number of benzene rings is 1. The van der Waals surface area contributed by atoms with Crippen LogP contribution in [0.5, 0.6) is 0 Å². The van der Waals surface area contributed by atoms with Gasteiger partial charge >= 0.3 is 0 Å². The maximum atomic E-state index is 5.76. The summed E-state index contributed by atoms with van der Waals surface area (Å²) in [4.78, 5) is 2.27. The second-order valence-corrected chi connectivity index (χ2v) is 3.69. The third-order valence-corrected chi connectivity index (χ3v) is 2.37. The van der Waals surface area contributed by atoms with Crippen LogP contribution in [0.2, 0.25) is 0 Å². The van der Waals surface area contributed by atoms with Crippen molar-refractivity contribution in [2.45, 2.75) is 26.8 Å². The molecular formula is C11H19N3. The van der Waals surface area contributed by atoms with Crippen LogP contribution in [-0.2, 0) is 0 Å². The summed E-state index contributed by atoms with van der Waals surface area (Å²) in [5, 5.41) is 0. The molecule has 1 aromatic carbocycles. The van der Waals surface area contributed by atoms with Crippen LogP contribution in [0.15, 0.2) is 18.2 Å². The van der Waals surface area contributed by atoms with Crippen LogP contribution >= 0.6 is 0 Å². The Bertz CT molecular complexity index is 307. The van der Waals surface area contributed by atoms with E-state index in [0.717, 1.165) is 12.2 Å². The fraction of sp³-hybridized carbons (Fsp3) is 0.455. The van der Waals surface area contributed by atoms with Crippen molar-refractivity contribution in [2.75, 3.05) is 22.9 Å². The van der Waals surface area contributed by atoms with Crippen LogP contribution in [0.1, 0.15) is 20.8 Å². The molecule has 3 nitrogen and oxygen atoms in total. The Balaban J connectivity index is 3.00. The van der Waals surface area contributed by atoms with Gasteiger partial charge in [0.1, 0.15) is 0 Å². The molecular weight excluding hydrogens is 174 g/mol. The van der Waals surface area contributed by atoms with Crippen molar-refractivity contribution in [1.29, 1.82) is 0 Å². The number of anilines is 3. The van der Waals surface area contributed by atoms with Gasteiger partial charge in [0, 0.05) is 18.3 Å². The van der Waals surface area contributed by atoms with Crippen molar-refractivity contribution in [3.8, 4) is 0 Å². The average molecular weight is 193 g/mol. The van der Waals surface area contributed by atoms with Gasteiger partial charge in [0.05, 0.1) is 11.4 Å². The molecule has 0 saturated heterocycles. The topological polar surface area (TPSA) is 55.3 Å². The van der Waals surface area contributed by atoms with Crippen LogP contribution < -0.4 is 16.4 Å². The number of nitrogens with zero attached hydrogens (tertiary/aromatic N) is 1. The summed E-state index contributed by atoms with van der Waals surface area (Å²) >= 11 is 0. The molecule has 1 rings (SSSR count). The fourth-order valence-corrected chi connectivity index (χ4v) is 1.59. The molecule has 0 heterocycles. The minimum absolute atomic E-state index is 0.475. The molecule has 0 bridgehead atoms. The zero-order chi connectivity index (χ0) is 10.7. The van der Waals surface area contributed by atoms with E-state index in [2.05, 4.69) is 25.7 Å². The maximum Gasteiger partial charge on any atom is 0.0568 e. The van der Waals surface area contributed by atoms with Crippen molar-refractivity contribution in [3.05, 3.63) is 18.2 Å². The van der Waals surface area contributed by atoms with Gasteiger partial charge in [-0.05, 0) is 39.0 Å². The molecule has 4 N–H and O–H groups in total. The van der Waals surface area contributed by atoms with Crippen LogP contribution in [-0.4, -0.2) is 12.6 Å². The van der Waals surface area contributed by atoms with Crippen molar-refractivity contribution in [1.82, 2.24) is 0 Å². The molecule has 0 aromatic heterocycles. The van der Waals surface area contributed by atoms with E-state index in [9.17, 15) is 0 Å². The Hall–Kier alpha value is -1.38. The highest BCUT2D eigenvalue weighted by Crippen LogP contribution is 2.24. The van der Waals surface area contributed by atoms with Gasteiger partial charge in [-0.1, -0.05) is 0 Å². The molecule has 0 amide bonds. The molecule has 3 heteroatoms. The van der Waals surface area contributed by atoms with Crippen LogP contribution in [0.25, 0.3) is 0 Å². The van der Waals surface area contributed by atoms with E-state index in [1.54, 1.807) is 0 Å². The smallest absolute Gasteiger partial charge is 0.0568 e. The number of hydrogen-bond donors (Lipinski definition) is 2. The van der Waals surface area contributed by atoms with E-state index in [-0.39, 0.29) is 0 Å². The maximum absolute atomic E-state index is 5.76.